The summed E-state index contributed by atoms with van der Waals surface area (Å²) in [6.07, 6.45) is 0. The molecule has 9 rings (SSSR count). The molecule has 0 radical (unpaired) electrons. The number of aryl methyl sites for hydroxylation is 3. The maximum absolute atomic E-state index is 14.9. The van der Waals surface area contributed by atoms with Gasteiger partial charge in [-0.15, -0.1) is 23.1 Å². The molecule has 4 aromatic carbocycles. The van der Waals surface area contributed by atoms with Crippen molar-refractivity contribution >= 4 is 80.9 Å². The molecule has 18 nitrogen and oxygen atoms in total. The highest BCUT2D eigenvalue weighted by atomic mass is 32.2. The number of benzene rings is 4. The second-order valence-corrected chi connectivity index (χ2v) is 22.7. The predicted octanol–water partition coefficient (Wildman–Crippen LogP) is 7.65. The maximum Gasteiger partial charge on any atom is 0.355 e. The summed E-state index contributed by atoms with van der Waals surface area (Å²) in [6, 6.07) is 35.9. The van der Waals surface area contributed by atoms with Crippen molar-refractivity contribution in [1.29, 1.82) is 0 Å². The second kappa shape index (κ2) is 22.1. The van der Waals surface area contributed by atoms with Gasteiger partial charge in [-0.05, 0) is 86.0 Å². The highest BCUT2D eigenvalue weighted by molar-refractivity contribution is 8.01. The molecule has 0 spiro atoms. The number of thioether (sulfide) groups is 2. The normalized spacial score (nSPS) is 15.9. The number of nitrogens with zero attached hydrogens (tertiary/aromatic N) is 7. The maximum atomic E-state index is 14.9. The Bertz CT molecular complexity index is 3320. The van der Waals surface area contributed by atoms with Crippen LogP contribution >= 0.6 is 34.9 Å². The number of thiazole rings is 1. The number of β-lactam (4-membered cyclic amide) rings is 1. The Kier molecular flexibility index (Phi) is 15.5. The number of ether oxygens (including phenoxy) is 3. The van der Waals surface area contributed by atoms with Gasteiger partial charge in [-0.3, -0.25) is 14.5 Å². The van der Waals surface area contributed by atoms with Crippen LogP contribution in [0.1, 0.15) is 74.0 Å². The fourth-order valence-electron chi connectivity index (χ4n) is 8.81. The van der Waals surface area contributed by atoms with Gasteiger partial charge in [0.1, 0.15) is 52.1 Å². The highest BCUT2D eigenvalue weighted by Crippen LogP contribution is 2.43. The number of methoxy groups -OCH3 is 1. The predicted molar refractivity (Wildman–Crippen MR) is 296 cm³/mol. The quantitative estimate of drug-likeness (QED) is 0.0110. The van der Waals surface area contributed by atoms with Gasteiger partial charge in [-0.2, -0.15) is 4.98 Å². The molecule has 2 atom stereocenters. The lowest BCUT2D eigenvalue weighted by Crippen LogP contribution is -2.71. The van der Waals surface area contributed by atoms with Crippen molar-refractivity contribution in [3.63, 3.8) is 0 Å². The molecule has 2 aliphatic rings. The van der Waals surface area contributed by atoms with E-state index in [2.05, 4.69) is 20.8 Å². The van der Waals surface area contributed by atoms with E-state index in [0.717, 1.165) is 33.7 Å². The number of amides is 2. The van der Waals surface area contributed by atoms with Gasteiger partial charge < -0.3 is 35.4 Å². The number of nitrogen functional groups attached to an aromatic ring is 1. The van der Waals surface area contributed by atoms with Crippen LogP contribution in [0.5, 0.6) is 5.75 Å². The van der Waals surface area contributed by atoms with Crippen LogP contribution in [-0.4, -0.2) is 95.2 Å². The van der Waals surface area contributed by atoms with Gasteiger partial charge in [0.05, 0.1) is 19.7 Å². The van der Waals surface area contributed by atoms with Crippen molar-refractivity contribution in [3.8, 4) is 5.75 Å². The van der Waals surface area contributed by atoms with Crippen LogP contribution in [-0.2, 0) is 52.7 Å². The Morgan fingerprint density at radius 2 is 1.49 bits per heavy atom. The molecule has 0 saturated carbocycles. The monoisotopic (exact) mass is 1100 g/mol. The first kappa shape index (κ1) is 54.1. The van der Waals surface area contributed by atoms with Crippen molar-refractivity contribution in [2.75, 3.05) is 29.7 Å². The molecule has 4 N–H and O–H groups in total. The van der Waals surface area contributed by atoms with E-state index in [1.54, 1.807) is 62.0 Å². The Hall–Kier alpha value is -7.75. The fraction of sp³-hybridized carbons (Fsp3) is 0.304. The van der Waals surface area contributed by atoms with Crippen LogP contribution in [0.4, 0.5) is 10.9 Å². The third-order valence-corrected chi connectivity index (χ3v) is 16.0. The molecule has 398 valence electrons. The number of carbonyl (C=O) groups is 4. The summed E-state index contributed by atoms with van der Waals surface area (Å²) in [5.41, 5.74) is 8.41. The summed E-state index contributed by atoms with van der Waals surface area (Å²) < 4.78 is 20.5. The molecule has 77 heavy (non-hydrogen) atoms. The molecule has 2 unspecified atom stereocenters. The van der Waals surface area contributed by atoms with Crippen molar-refractivity contribution in [2.24, 2.45) is 12.2 Å². The zero-order valence-corrected chi connectivity index (χ0v) is 46.5. The standard InChI is InChI=1S/C56H58N10O8S3/c1-33-45(57)60-53(66-47(33)64(8)34(2)62-66)77-31-36-30-75-49-43(48(68)65(49)44(36)50(69)72-29-35-25-27-40(71-9)28-26-35)59-46(67)42(63-74-55(6,7)51(70)73-54(3,4)5)41-32-76-52(58-41)61-56(37-19-13-10-14-20-37,38-21-15-11-16-22-38)39-23-17-12-18-24-39/h10-28,32,43,49,57H,29-31H2,1-9H3,(H2,58,59,61,67)/p+1/b63-42-. The summed E-state index contributed by atoms with van der Waals surface area (Å²) in [6.45, 7) is 11.8. The number of rotatable bonds is 18. The van der Waals surface area contributed by atoms with E-state index < -0.39 is 51.9 Å². The first-order valence-electron chi connectivity index (χ1n) is 24.6. The first-order valence-corrected chi connectivity index (χ1v) is 27.5. The van der Waals surface area contributed by atoms with Gasteiger partial charge in [-0.1, -0.05) is 120 Å². The van der Waals surface area contributed by atoms with Crippen molar-refractivity contribution < 1.29 is 42.8 Å². The highest BCUT2D eigenvalue weighted by Gasteiger charge is 2.55. The second-order valence-electron chi connectivity index (χ2n) is 19.8. The number of oxime groups is 1. The van der Waals surface area contributed by atoms with Crippen molar-refractivity contribution in [3.05, 3.63) is 171 Å². The zero-order chi connectivity index (χ0) is 54.8. The van der Waals surface area contributed by atoms with Crippen LogP contribution < -0.4 is 25.7 Å². The Morgan fingerprint density at radius 3 is 2.08 bits per heavy atom. The minimum atomic E-state index is -1.67. The minimum Gasteiger partial charge on any atom is -0.497 e. The van der Waals surface area contributed by atoms with Crippen LogP contribution in [0.25, 0.3) is 5.65 Å². The molecule has 3 aromatic heterocycles. The molecular formula is C56H59N10O8S3+. The number of fused-ring (bicyclic) bond motifs is 2. The number of hydrogen-bond acceptors (Lipinski definition) is 17. The molecule has 5 heterocycles. The van der Waals surface area contributed by atoms with E-state index in [9.17, 15) is 19.2 Å². The fourth-order valence-corrected chi connectivity index (χ4v) is 12.0. The molecule has 0 bridgehead atoms. The largest absolute Gasteiger partial charge is 0.497 e. The van der Waals surface area contributed by atoms with Crippen LogP contribution in [0.15, 0.2) is 142 Å². The minimum absolute atomic E-state index is 0.0640. The number of nitrogens with two attached hydrogens (primary N) is 1. The van der Waals surface area contributed by atoms with E-state index in [0.29, 0.717) is 38.7 Å². The summed E-state index contributed by atoms with van der Waals surface area (Å²) in [7, 11) is 3.46. The summed E-state index contributed by atoms with van der Waals surface area (Å²) in [4.78, 5) is 74.2. The van der Waals surface area contributed by atoms with Gasteiger partial charge in [-0.25, -0.2) is 19.1 Å². The van der Waals surface area contributed by atoms with Gasteiger partial charge in [0, 0.05) is 28.9 Å². The number of carbonyl (C=O) groups excluding carboxylic acids is 4. The lowest BCUT2D eigenvalue weighted by molar-refractivity contribution is -0.652. The van der Waals surface area contributed by atoms with E-state index >= 15 is 0 Å². The molecule has 2 aliphatic heterocycles. The molecular weight excluding hydrogens is 1040 g/mol. The number of aromatic nitrogens is 5. The summed E-state index contributed by atoms with van der Waals surface area (Å²) >= 11 is 3.92. The van der Waals surface area contributed by atoms with E-state index in [-0.39, 0.29) is 29.5 Å². The summed E-state index contributed by atoms with van der Waals surface area (Å²) in [5.74, 6) is -0.573. The van der Waals surface area contributed by atoms with Crippen molar-refractivity contribution in [1.82, 2.24) is 29.8 Å². The van der Waals surface area contributed by atoms with Crippen LogP contribution in [0, 0.1) is 13.8 Å². The lowest BCUT2D eigenvalue weighted by Gasteiger charge is -2.49. The number of hydrogen-bond donors (Lipinski definition) is 3. The third kappa shape index (κ3) is 11.1. The lowest BCUT2D eigenvalue weighted by atomic mass is 9.77. The number of nitrogens with one attached hydrogen (secondary N) is 2. The molecule has 21 heteroatoms. The topological polar surface area (TPSA) is 218 Å². The average Bonchev–Trinajstić information content (AvgIpc) is 4.12. The molecule has 2 amide bonds. The average molecular weight is 1100 g/mol. The van der Waals surface area contributed by atoms with Crippen LogP contribution in [0.3, 0.4) is 0 Å². The van der Waals surface area contributed by atoms with E-state index in [1.165, 1.54) is 53.6 Å². The van der Waals surface area contributed by atoms with Gasteiger partial charge in [0.25, 0.3) is 28.4 Å². The van der Waals surface area contributed by atoms with Gasteiger partial charge in [0.15, 0.2) is 10.8 Å². The van der Waals surface area contributed by atoms with E-state index in [1.807, 2.05) is 116 Å². The molecule has 1 saturated heterocycles. The number of esters is 2. The van der Waals surface area contributed by atoms with Crippen LogP contribution in [0.2, 0.25) is 0 Å². The first-order chi connectivity index (χ1) is 36.8. The molecule has 7 aromatic rings. The zero-order valence-electron chi connectivity index (χ0n) is 44.0. The van der Waals surface area contributed by atoms with Gasteiger partial charge in [0.2, 0.25) is 5.60 Å². The van der Waals surface area contributed by atoms with Crippen molar-refractivity contribution in [2.45, 2.75) is 88.4 Å². The Labute approximate surface area is 458 Å². The SMILES string of the molecule is COc1ccc(COC(=O)C2=C(CSc3nc(N)c(C)c4n3nc(C)[n+]4C)CSC3C(NC(=O)/C(=N\OC(C)(C)C(=O)OC(C)(C)C)c4csc(NC(c5ccccc5)(c5ccccc5)c5ccccc5)n4)C(=O)N23)cc1. The molecule has 0 aliphatic carbocycles. The third-order valence-electron chi connectivity index (χ3n) is 12.9. The number of anilines is 2. The Morgan fingerprint density at radius 1 is 0.883 bits per heavy atom. The smallest absolute Gasteiger partial charge is 0.355 e. The Balaban J connectivity index is 1.04. The van der Waals surface area contributed by atoms with E-state index in [4.69, 9.17) is 34.9 Å². The molecule has 1 fully saturated rings. The van der Waals surface area contributed by atoms with Gasteiger partial charge >= 0.3 is 11.9 Å². The summed E-state index contributed by atoms with van der Waals surface area (Å²) in [5, 5.41) is 17.5.